The lowest BCUT2D eigenvalue weighted by molar-refractivity contribution is -0.275. The number of hydrogen-bond acceptors (Lipinski definition) is 2. The van der Waals surface area contributed by atoms with Crippen LogP contribution in [0.25, 0.3) is 0 Å². The van der Waals surface area contributed by atoms with Crippen molar-refractivity contribution in [3.8, 4) is 5.75 Å². The maximum atomic E-state index is 12.2. The van der Waals surface area contributed by atoms with Crippen LogP contribution in [0.2, 0.25) is 0 Å². The number of para-hydroxylation sites is 1. The van der Waals surface area contributed by atoms with Crippen LogP contribution in [0, 0.1) is 0 Å². The Morgan fingerprint density at radius 2 is 1.94 bits per heavy atom. The van der Waals surface area contributed by atoms with Gasteiger partial charge in [-0.1, -0.05) is 32.0 Å². The van der Waals surface area contributed by atoms with E-state index in [2.05, 4.69) is 4.74 Å². The minimum atomic E-state index is -4.74. The van der Waals surface area contributed by atoms with Crippen molar-refractivity contribution in [2.24, 2.45) is 0 Å². The molecule has 0 unspecified atom stereocenters. The van der Waals surface area contributed by atoms with Gasteiger partial charge in [-0.05, 0) is 11.5 Å². The molecule has 1 aromatic carbocycles. The maximum absolute atomic E-state index is 12.2. The first-order valence-electron chi connectivity index (χ1n) is 4.83. The molecule has 1 N–H and O–H groups in total. The fourth-order valence-electron chi connectivity index (χ4n) is 1.42. The molecule has 0 radical (unpaired) electrons. The van der Waals surface area contributed by atoms with E-state index in [1.54, 1.807) is 26.0 Å². The summed E-state index contributed by atoms with van der Waals surface area (Å²) in [6, 6.07) is 4.57. The number of benzene rings is 1. The van der Waals surface area contributed by atoms with E-state index in [9.17, 15) is 13.2 Å². The molecule has 0 bridgehead atoms. The van der Waals surface area contributed by atoms with Crippen molar-refractivity contribution in [3.63, 3.8) is 0 Å². The zero-order valence-electron chi connectivity index (χ0n) is 9.01. The van der Waals surface area contributed by atoms with E-state index in [-0.39, 0.29) is 17.2 Å². The van der Waals surface area contributed by atoms with Crippen molar-refractivity contribution >= 4 is 0 Å². The molecule has 0 fully saturated rings. The number of halogens is 3. The fraction of sp³-hybridized carbons (Fsp3) is 0.455. The molecule has 0 atom stereocenters. The lowest BCUT2D eigenvalue weighted by atomic mass is 9.99. The number of aliphatic hydroxyl groups excluding tert-OH is 1. The normalized spacial score (nSPS) is 11.9. The smallest absolute Gasteiger partial charge is 0.405 e. The van der Waals surface area contributed by atoms with Crippen LogP contribution in [0.4, 0.5) is 13.2 Å². The quantitative estimate of drug-likeness (QED) is 0.870. The largest absolute Gasteiger partial charge is 0.573 e. The molecule has 2 nitrogen and oxygen atoms in total. The van der Waals surface area contributed by atoms with Crippen LogP contribution < -0.4 is 4.74 Å². The molecule has 1 rings (SSSR count). The summed E-state index contributed by atoms with van der Waals surface area (Å²) in [5, 5.41) is 8.97. The van der Waals surface area contributed by atoms with Crippen LogP contribution in [0.3, 0.4) is 0 Å². The first-order valence-corrected chi connectivity index (χ1v) is 4.83. The van der Waals surface area contributed by atoms with Crippen molar-refractivity contribution in [3.05, 3.63) is 29.3 Å². The number of ether oxygens (including phenoxy) is 1. The molecule has 0 aliphatic rings. The van der Waals surface area contributed by atoms with Gasteiger partial charge in [-0.25, -0.2) is 0 Å². The van der Waals surface area contributed by atoms with Gasteiger partial charge in [0.2, 0.25) is 0 Å². The monoisotopic (exact) mass is 234 g/mol. The van der Waals surface area contributed by atoms with E-state index in [4.69, 9.17) is 5.11 Å². The van der Waals surface area contributed by atoms with Crippen molar-refractivity contribution in [2.45, 2.75) is 32.7 Å². The van der Waals surface area contributed by atoms with Gasteiger partial charge in [-0.2, -0.15) is 0 Å². The molecule has 0 amide bonds. The van der Waals surface area contributed by atoms with Gasteiger partial charge in [-0.15, -0.1) is 13.2 Å². The third kappa shape index (κ3) is 3.13. The van der Waals surface area contributed by atoms with Gasteiger partial charge in [0.1, 0.15) is 5.75 Å². The molecule has 0 aliphatic heterocycles. The summed E-state index contributed by atoms with van der Waals surface area (Å²) >= 11 is 0. The van der Waals surface area contributed by atoms with Crippen molar-refractivity contribution in [2.75, 3.05) is 0 Å². The predicted octanol–water partition coefficient (Wildman–Crippen LogP) is 3.20. The zero-order chi connectivity index (χ0) is 12.3. The summed E-state index contributed by atoms with van der Waals surface area (Å²) in [5.41, 5.74) is 0.576. The van der Waals surface area contributed by atoms with E-state index in [1.807, 2.05) is 0 Å². The molecule has 1 aromatic rings. The molecule has 0 saturated carbocycles. The predicted molar refractivity (Wildman–Crippen MR) is 53.1 cm³/mol. The number of hydrogen-bond donors (Lipinski definition) is 1. The van der Waals surface area contributed by atoms with Gasteiger partial charge in [-0.3, -0.25) is 0 Å². The summed E-state index contributed by atoms with van der Waals surface area (Å²) in [5.74, 6) is -0.392. The van der Waals surface area contributed by atoms with Crippen LogP contribution >= 0.6 is 0 Å². The summed E-state index contributed by atoms with van der Waals surface area (Å²) < 4.78 is 40.5. The SMILES string of the molecule is CC(C)c1cccc(CO)c1OC(F)(F)F. The van der Waals surface area contributed by atoms with Gasteiger partial charge < -0.3 is 9.84 Å². The highest BCUT2D eigenvalue weighted by Crippen LogP contribution is 2.34. The van der Waals surface area contributed by atoms with E-state index in [0.717, 1.165) is 0 Å². The number of alkyl halides is 3. The Hall–Kier alpha value is -1.23. The van der Waals surface area contributed by atoms with E-state index >= 15 is 0 Å². The van der Waals surface area contributed by atoms with Gasteiger partial charge >= 0.3 is 6.36 Å². The highest BCUT2D eigenvalue weighted by atomic mass is 19.4. The topological polar surface area (TPSA) is 29.5 Å². The minimum absolute atomic E-state index is 0.108. The lowest BCUT2D eigenvalue weighted by Crippen LogP contribution is -2.19. The number of rotatable bonds is 3. The van der Waals surface area contributed by atoms with Gasteiger partial charge in [0, 0.05) is 5.56 Å². The molecule has 0 spiro atoms. The van der Waals surface area contributed by atoms with E-state index in [1.165, 1.54) is 6.07 Å². The highest BCUT2D eigenvalue weighted by molar-refractivity contribution is 5.43. The summed E-state index contributed by atoms with van der Waals surface area (Å²) in [7, 11) is 0. The van der Waals surface area contributed by atoms with E-state index in [0.29, 0.717) is 5.56 Å². The molecule has 90 valence electrons. The maximum Gasteiger partial charge on any atom is 0.573 e. The Morgan fingerprint density at radius 3 is 2.38 bits per heavy atom. The first kappa shape index (κ1) is 12.8. The van der Waals surface area contributed by atoms with Crippen LogP contribution in [-0.4, -0.2) is 11.5 Å². The van der Waals surface area contributed by atoms with E-state index < -0.39 is 13.0 Å². The molecular weight excluding hydrogens is 221 g/mol. The lowest BCUT2D eigenvalue weighted by Gasteiger charge is -2.18. The molecule has 5 heteroatoms. The third-order valence-electron chi connectivity index (χ3n) is 2.14. The summed E-state index contributed by atoms with van der Waals surface area (Å²) in [6.45, 7) is 3.05. The Morgan fingerprint density at radius 1 is 1.31 bits per heavy atom. The van der Waals surface area contributed by atoms with Crippen LogP contribution in [0.5, 0.6) is 5.75 Å². The van der Waals surface area contributed by atoms with Crippen LogP contribution in [0.15, 0.2) is 18.2 Å². The Labute approximate surface area is 91.7 Å². The second-order valence-corrected chi connectivity index (χ2v) is 3.70. The third-order valence-corrected chi connectivity index (χ3v) is 2.14. The molecule has 0 heterocycles. The van der Waals surface area contributed by atoms with Gasteiger partial charge in [0.15, 0.2) is 0 Å². The van der Waals surface area contributed by atoms with Crippen LogP contribution in [0.1, 0.15) is 30.9 Å². The standard InChI is InChI=1S/C11H13F3O2/c1-7(2)9-5-3-4-8(6-15)10(9)16-11(12,13)14/h3-5,7,15H,6H2,1-2H3. The summed E-state index contributed by atoms with van der Waals surface area (Å²) in [6.07, 6.45) is -4.74. The molecule has 0 aliphatic carbocycles. The van der Waals surface area contributed by atoms with Gasteiger partial charge in [0.25, 0.3) is 0 Å². The number of aliphatic hydroxyl groups is 1. The molecule has 16 heavy (non-hydrogen) atoms. The van der Waals surface area contributed by atoms with Crippen molar-refractivity contribution < 1.29 is 23.0 Å². The average molecular weight is 234 g/mol. The Bertz CT molecular complexity index is 359. The Kier molecular flexibility index (Phi) is 3.80. The minimum Gasteiger partial charge on any atom is -0.405 e. The zero-order valence-corrected chi connectivity index (χ0v) is 9.01. The fourth-order valence-corrected chi connectivity index (χ4v) is 1.42. The summed E-state index contributed by atoms with van der Waals surface area (Å²) in [4.78, 5) is 0. The Balaban J connectivity index is 3.20. The molecular formula is C11H13F3O2. The highest BCUT2D eigenvalue weighted by Gasteiger charge is 2.33. The van der Waals surface area contributed by atoms with Crippen molar-refractivity contribution in [1.29, 1.82) is 0 Å². The second-order valence-electron chi connectivity index (χ2n) is 3.70. The first-order chi connectivity index (χ1) is 7.35. The molecule has 0 aromatic heterocycles. The van der Waals surface area contributed by atoms with Gasteiger partial charge in [0.05, 0.1) is 6.61 Å². The molecule has 0 saturated heterocycles. The van der Waals surface area contributed by atoms with Crippen LogP contribution in [-0.2, 0) is 6.61 Å². The van der Waals surface area contributed by atoms with Crippen molar-refractivity contribution in [1.82, 2.24) is 0 Å². The average Bonchev–Trinajstić information content (AvgIpc) is 2.15. The second kappa shape index (κ2) is 4.74.